The van der Waals surface area contributed by atoms with E-state index in [0.29, 0.717) is 11.9 Å². The van der Waals surface area contributed by atoms with Gasteiger partial charge in [-0.2, -0.15) is 17.7 Å². The highest BCUT2D eigenvalue weighted by molar-refractivity contribution is 5.48. The van der Waals surface area contributed by atoms with Crippen LogP contribution < -0.4 is 4.90 Å². The van der Waals surface area contributed by atoms with Gasteiger partial charge < -0.3 is 4.90 Å². The molecule has 158 valence electrons. The molecule has 7 nitrogen and oxygen atoms in total. The van der Waals surface area contributed by atoms with E-state index in [2.05, 4.69) is 25.1 Å². The minimum Gasteiger partial charge on any atom is -0.352 e. The van der Waals surface area contributed by atoms with Gasteiger partial charge in [-0.3, -0.25) is 9.80 Å². The van der Waals surface area contributed by atoms with Crippen LogP contribution in [0.15, 0.2) is 12.1 Å². The molecule has 10 heteroatoms. The molecule has 2 aliphatic heterocycles. The molecule has 0 bridgehead atoms. The second-order valence-electron chi connectivity index (χ2n) is 8.41. The molecule has 4 heterocycles. The topological polar surface area (TPSA) is 52.8 Å². The SMILES string of the molecule is FC(F)(F)c1nnc2ccc(N3CC(N4CCN(C5CCCCC5)CC4)C3)nn12. The van der Waals surface area contributed by atoms with E-state index in [-0.39, 0.29) is 5.65 Å². The van der Waals surface area contributed by atoms with E-state index in [1.165, 1.54) is 32.1 Å². The van der Waals surface area contributed by atoms with Crippen LogP contribution in [0.3, 0.4) is 0 Å². The van der Waals surface area contributed by atoms with Crippen LogP contribution >= 0.6 is 0 Å². The quantitative estimate of drug-likeness (QED) is 0.775. The number of hydrogen-bond acceptors (Lipinski definition) is 6. The third-order valence-corrected chi connectivity index (χ3v) is 6.64. The fraction of sp³-hybridized carbons (Fsp3) is 0.737. The van der Waals surface area contributed by atoms with Gasteiger partial charge in [0.1, 0.15) is 5.82 Å². The molecule has 0 spiro atoms. The van der Waals surface area contributed by atoms with Gasteiger partial charge in [0.2, 0.25) is 0 Å². The third-order valence-electron chi connectivity index (χ3n) is 6.64. The van der Waals surface area contributed by atoms with Crippen molar-refractivity contribution in [2.24, 2.45) is 0 Å². The summed E-state index contributed by atoms with van der Waals surface area (Å²) in [6.07, 6.45) is 2.22. The first kappa shape index (κ1) is 19.0. The first-order valence-corrected chi connectivity index (χ1v) is 10.5. The van der Waals surface area contributed by atoms with Crippen molar-refractivity contribution in [2.75, 3.05) is 44.2 Å². The van der Waals surface area contributed by atoms with E-state index in [9.17, 15) is 13.2 Å². The van der Waals surface area contributed by atoms with Crippen molar-refractivity contribution < 1.29 is 13.2 Å². The molecular formula is C19H26F3N7. The zero-order valence-corrected chi connectivity index (χ0v) is 16.4. The average Bonchev–Trinajstić information content (AvgIpc) is 3.12. The Morgan fingerprint density at radius 2 is 1.48 bits per heavy atom. The van der Waals surface area contributed by atoms with Gasteiger partial charge in [0, 0.05) is 51.4 Å². The highest BCUT2D eigenvalue weighted by Crippen LogP contribution is 2.29. The first-order chi connectivity index (χ1) is 14.0. The summed E-state index contributed by atoms with van der Waals surface area (Å²) in [7, 11) is 0. The molecule has 0 amide bonds. The lowest BCUT2D eigenvalue weighted by atomic mass is 9.93. The number of rotatable bonds is 3. The number of piperazine rings is 1. The molecule has 2 aromatic rings. The van der Waals surface area contributed by atoms with Crippen LogP contribution in [0, 0.1) is 0 Å². The predicted molar refractivity (Wildman–Crippen MR) is 102 cm³/mol. The molecule has 0 aromatic carbocycles. The maximum absolute atomic E-state index is 13.1. The Labute approximate surface area is 167 Å². The van der Waals surface area contributed by atoms with E-state index in [0.717, 1.165) is 49.8 Å². The van der Waals surface area contributed by atoms with Crippen LogP contribution in [0.1, 0.15) is 37.9 Å². The summed E-state index contributed by atoms with van der Waals surface area (Å²) in [5.74, 6) is -0.537. The zero-order valence-electron chi connectivity index (χ0n) is 16.4. The molecular weight excluding hydrogens is 383 g/mol. The lowest BCUT2D eigenvalue weighted by Crippen LogP contribution is -2.64. The van der Waals surface area contributed by atoms with Crippen molar-refractivity contribution in [3.05, 3.63) is 18.0 Å². The lowest BCUT2D eigenvalue weighted by Gasteiger charge is -2.49. The highest BCUT2D eigenvalue weighted by atomic mass is 19.4. The Hall–Kier alpha value is -1.94. The van der Waals surface area contributed by atoms with Crippen LogP contribution in [0.2, 0.25) is 0 Å². The summed E-state index contributed by atoms with van der Waals surface area (Å²) >= 11 is 0. The van der Waals surface area contributed by atoms with Gasteiger partial charge in [0.05, 0.1) is 0 Å². The van der Waals surface area contributed by atoms with Crippen LogP contribution in [-0.2, 0) is 6.18 Å². The number of alkyl halides is 3. The standard InChI is InChI=1S/C19H26F3N7/c20-19(21,22)18-24-23-16-6-7-17(25-29(16)18)28-12-15(13-28)27-10-8-26(9-11-27)14-4-2-1-3-5-14/h6-7,14-15H,1-5,8-13H2. The molecule has 0 unspecified atom stereocenters. The van der Waals surface area contributed by atoms with Gasteiger partial charge in [-0.05, 0) is 25.0 Å². The van der Waals surface area contributed by atoms with E-state index in [4.69, 9.17) is 0 Å². The molecule has 29 heavy (non-hydrogen) atoms. The van der Waals surface area contributed by atoms with Crippen LogP contribution in [0.25, 0.3) is 5.65 Å². The fourth-order valence-corrected chi connectivity index (χ4v) is 4.91. The monoisotopic (exact) mass is 409 g/mol. The van der Waals surface area contributed by atoms with Gasteiger partial charge in [0.25, 0.3) is 5.82 Å². The molecule has 1 saturated carbocycles. The maximum atomic E-state index is 13.1. The van der Waals surface area contributed by atoms with Gasteiger partial charge in [-0.1, -0.05) is 19.3 Å². The molecule has 0 atom stereocenters. The molecule has 3 fully saturated rings. The van der Waals surface area contributed by atoms with E-state index in [1.807, 2.05) is 4.90 Å². The summed E-state index contributed by atoms with van der Waals surface area (Å²) in [6, 6.07) is 4.48. The van der Waals surface area contributed by atoms with Crippen LogP contribution in [0.5, 0.6) is 0 Å². The van der Waals surface area contributed by atoms with E-state index < -0.39 is 12.0 Å². The van der Waals surface area contributed by atoms with Crippen molar-refractivity contribution >= 4 is 11.5 Å². The predicted octanol–water partition coefficient (Wildman–Crippen LogP) is 2.28. The zero-order chi connectivity index (χ0) is 20.0. The van der Waals surface area contributed by atoms with Crippen molar-refractivity contribution in [3.63, 3.8) is 0 Å². The smallest absolute Gasteiger partial charge is 0.352 e. The molecule has 5 rings (SSSR count). The fourth-order valence-electron chi connectivity index (χ4n) is 4.91. The van der Waals surface area contributed by atoms with Gasteiger partial charge >= 0.3 is 6.18 Å². The van der Waals surface area contributed by atoms with E-state index >= 15 is 0 Å². The van der Waals surface area contributed by atoms with Crippen molar-refractivity contribution in [1.82, 2.24) is 29.6 Å². The summed E-state index contributed by atoms with van der Waals surface area (Å²) in [6.45, 7) is 6.00. The Bertz CT molecular complexity index is 847. The van der Waals surface area contributed by atoms with E-state index in [1.54, 1.807) is 12.1 Å². The molecule has 2 aromatic heterocycles. The minimum atomic E-state index is -4.57. The average molecular weight is 409 g/mol. The maximum Gasteiger partial charge on any atom is 0.453 e. The second-order valence-corrected chi connectivity index (χ2v) is 8.41. The Kier molecular flexibility index (Phi) is 4.85. The summed E-state index contributed by atoms with van der Waals surface area (Å²) in [4.78, 5) is 7.21. The first-order valence-electron chi connectivity index (χ1n) is 10.5. The Balaban J connectivity index is 1.18. The number of anilines is 1. The van der Waals surface area contributed by atoms with Crippen molar-refractivity contribution in [1.29, 1.82) is 0 Å². The molecule has 0 radical (unpaired) electrons. The van der Waals surface area contributed by atoms with Gasteiger partial charge in [-0.15, -0.1) is 15.3 Å². The van der Waals surface area contributed by atoms with Gasteiger partial charge in [0.15, 0.2) is 5.65 Å². The number of halogens is 3. The van der Waals surface area contributed by atoms with Crippen LogP contribution in [0.4, 0.5) is 19.0 Å². The Morgan fingerprint density at radius 3 is 2.14 bits per heavy atom. The molecule has 2 saturated heterocycles. The molecule has 0 N–H and O–H groups in total. The summed E-state index contributed by atoms with van der Waals surface area (Å²) in [5.41, 5.74) is 0.108. The molecule has 3 aliphatic rings. The number of aromatic nitrogens is 4. The molecule has 1 aliphatic carbocycles. The minimum absolute atomic E-state index is 0.108. The third kappa shape index (κ3) is 3.68. The normalized spacial score (nSPS) is 23.6. The van der Waals surface area contributed by atoms with Crippen LogP contribution in [-0.4, -0.2) is 81.0 Å². The van der Waals surface area contributed by atoms with Crippen molar-refractivity contribution in [3.8, 4) is 0 Å². The summed E-state index contributed by atoms with van der Waals surface area (Å²) in [5, 5.41) is 10.9. The lowest BCUT2D eigenvalue weighted by molar-refractivity contribution is -0.146. The number of nitrogens with zero attached hydrogens (tertiary/aromatic N) is 7. The van der Waals surface area contributed by atoms with Crippen molar-refractivity contribution in [2.45, 2.75) is 50.4 Å². The largest absolute Gasteiger partial charge is 0.453 e. The second kappa shape index (κ2) is 7.39. The number of fused-ring (bicyclic) bond motifs is 1. The number of hydrogen-bond donors (Lipinski definition) is 0. The highest BCUT2D eigenvalue weighted by Gasteiger charge is 2.39. The van der Waals surface area contributed by atoms with Gasteiger partial charge in [-0.25, -0.2) is 0 Å². The summed E-state index contributed by atoms with van der Waals surface area (Å²) < 4.78 is 40.0. The Morgan fingerprint density at radius 1 is 0.828 bits per heavy atom.